The van der Waals surface area contributed by atoms with E-state index in [1.54, 1.807) is 18.3 Å². The summed E-state index contributed by atoms with van der Waals surface area (Å²) in [6.45, 7) is 1.95. The van der Waals surface area contributed by atoms with E-state index in [0.717, 1.165) is 38.7 Å². The quantitative estimate of drug-likeness (QED) is 0.173. The van der Waals surface area contributed by atoms with Gasteiger partial charge in [0.2, 0.25) is 0 Å². The molecule has 0 unspecified atom stereocenters. The van der Waals surface area contributed by atoms with Crippen molar-refractivity contribution in [2.45, 2.75) is 52.3 Å². The molecule has 6 aromatic rings. The largest absolute Gasteiger partial charge is 0.500 e. The molecule has 0 N–H and O–H groups in total. The van der Waals surface area contributed by atoms with Gasteiger partial charge in [-0.3, -0.25) is 4.98 Å². The van der Waals surface area contributed by atoms with Crippen molar-refractivity contribution in [3.8, 4) is 22.5 Å². The molecule has 1 saturated carbocycles. The fourth-order valence-corrected chi connectivity index (χ4v) is 5.15. The Morgan fingerprint density at radius 2 is 1.82 bits per heavy atom. The summed E-state index contributed by atoms with van der Waals surface area (Å²) in [6.07, 6.45) is 12.0. The molecular formula is C35H31IrN3O-2. The average molecular weight is 707 g/mol. The first kappa shape index (κ1) is 22.1. The molecule has 1 aliphatic rings. The van der Waals surface area contributed by atoms with Gasteiger partial charge in [-0.25, -0.2) is 0 Å². The Morgan fingerprint density at radius 3 is 2.60 bits per heavy atom. The molecule has 4 aromatic heterocycles. The Labute approximate surface area is 256 Å². The van der Waals surface area contributed by atoms with Crippen LogP contribution in [0.25, 0.3) is 44.5 Å². The fraction of sp³-hybridized carbons (Fsp3) is 0.229. The molecule has 203 valence electrons. The number of benzene rings is 2. The van der Waals surface area contributed by atoms with E-state index < -0.39 is 6.85 Å². The third-order valence-electron chi connectivity index (χ3n) is 7.41. The van der Waals surface area contributed by atoms with E-state index in [1.165, 1.54) is 43.4 Å². The van der Waals surface area contributed by atoms with E-state index in [-0.39, 0.29) is 32.2 Å². The van der Waals surface area contributed by atoms with Crippen molar-refractivity contribution in [3.63, 3.8) is 0 Å². The van der Waals surface area contributed by atoms with E-state index >= 15 is 0 Å². The van der Waals surface area contributed by atoms with Crippen LogP contribution in [-0.4, -0.2) is 15.0 Å². The molecule has 0 atom stereocenters. The molecule has 4 nitrogen and oxygen atoms in total. The summed E-state index contributed by atoms with van der Waals surface area (Å²) < 4.78 is 44.3. The zero-order chi connectivity index (χ0) is 31.0. The molecule has 0 bridgehead atoms. The summed E-state index contributed by atoms with van der Waals surface area (Å²) in [7, 11) is 0. The van der Waals surface area contributed by atoms with E-state index in [2.05, 4.69) is 27.1 Å². The first-order chi connectivity index (χ1) is 21.1. The van der Waals surface area contributed by atoms with Gasteiger partial charge in [0, 0.05) is 60.0 Å². The van der Waals surface area contributed by atoms with Crippen LogP contribution in [0.3, 0.4) is 0 Å². The number of hydrogen-bond acceptors (Lipinski definition) is 4. The number of hydrogen-bond donors (Lipinski definition) is 0. The van der Waals surface area contributed by atoms with Crippen LogP contribution in [0.4, 0.5) is 0 Å². The maximum atomic E-state index is 8.20. The third-order valence-corrected chi connectivity index (χ3v) is 7.41. The second kappa shape index (κ2) is 12.2. The third kappa shape index (κ3) is 5.63. The molecule has 4 heterocycles. The molecule has 1 fully saturated rings. The van der Waals surface area contributed by atoms with Gasteiger partial charge in [0.05, 0.1) is 8.32 Å². The predicted molar refractivity (Wildman–Crippen MR) is 158 cm³/mol. The number of aromatic nitrogens is 3. The van der Waals surface area contributed by atoms with Crippen LogP contribution in [0.15, 0.2) is 83.8 Å². The molecule has 7 rings (SSSR count). The van der Waals surface area contributed by atoms with Gasteiger partial charge in [-0.2, -0.15) is 0 Å². The van der Waals surface area contributed by atoms with Crippen LogP contribution in [0.1, 0.15) is 60.7 Å². The number of aryl methyl sites for hydroxylation is 3. The summed E-state index contributed by atoms with van der Waals surface area (Å²) in [5.41, 5.74) is 8.02. The predicted octanol–water partition coefficient (Wildman–Crippen LogP) is 8.97. The molecule has 0 saturated heterocycles. The molecule has 0 spiro atoms. The minimum absolute atomic E-state index is 0. The van der Waals surface area contributed by atoms with Gasteiger partial charge >= 0.3 is 0 Å². The van der Waals surface area contributed by atoms with E-state index in [9.17, 15) is 0 Å². The normalized spacial score (nSPS) is 15.3. The Bertz CT molecular complexity index is 1970. The van der Waals surface area contributed by atoms with Crippen LogP contribution in [0.2, 0.25) is 0 Å². The second-order valence-electron chi connectivity index (χ2n) is 9.99. The molecule has 0 amide bonds. The first-order valence-corrected chi connectivity index (χ1v) is 13.2. The summed E-state index contributed by atoms with van der Waals surface area (Å²) in [5, 5.41) is 1.95. The number of fused-ring (bicyclic) bond motifs is 3. The van der Waals surface area contributed by atoms with Gasteiger partial charge in [-0.05, 0) is 55.6 Å². The monoisotopic (exact) mass is 707 g/mol. The maximum absolute atomic E-state index is 8.20. The summed E-state index contributed by atoms with van der Waals surface area (Å²) in [6, 6.07) is 18.6. The smallest absolute Gasteiger partial charge is 0.127 e. The van der Waals surface area contributed by atoms with E-state index in [4.69, 9.17) is 11.3 Å². The zero-order valence-electron chi connectivity index (χ0n) is 27.3. The number of nitrogens with zero attached hydrogens (tertiary/aromatic N) is 3. The minimum atomic E-state index is -2.08. The molecule has 40 heavy (non-hydrogen) atoms. The molecule has 5 heteroatoms. The van der Waals surface area contributed by atoms with Gasteiger partial charge in [0.1, 0.15) is 5.58 Å². The van der Waals surface area contributed by atoms with Crippen LogP contribution < -0.4 is 0 Å². The van der Waals surface area contributed by atoms with Crippen LogP contribution >= 0.6 is 0 Å². The zero-order valence-corrected chi connectivity index (χ0v) is 24.7. The minimum Gasteiger partial charge on any atom is -0.500 e. The van der Waals surface area contributed by atoms with Crippen LogP contribution in [-0.2, 0) is 20.1 Å². The second-order valence-corrected chi connectivity index (χ2v) is 9.99. The molecule has 0 aliphatic heterocycles. The van der Waals surface area contributed by atoms with Crippen LogP contribution in [0, 0.1) is 32.8 Å². The van der Waals surface area contributed by atoms with Gasteiger partial charge in [0.25, 0.3) is 0 Å². The van der Waals surface area contributed by atoms with Crippen molar-refractivity contribution < 1.29 is 31.4 Å². The Morgan fingerprint density at radius 1 is 0.950 bits per heavy atom. The van der Waals surface area contributed by atoms with Crippen molar-refractivity contribution in [2.75, 3.05) is 0 Å². The topological polar surface area (TPSA) is 51.8 Å². The summed E-state index contributed by atoms with van der Waals surface area (Å²) in [4.78, 5) is 13.1. The summed E-state index contributed by atoms with van der Waals surface area (Å²) in [5.74, 6) is 0.501. The van der Waals surface area contributed by atoms with Crippen LogP contribution in [0.5, 0.6) is 0 Å². The van der Waals surface area contributed by atoms with Crippen molar-refractivity contribution in [1.29, 1.82) is 0 Å². The number of pyridine rings is 3. The van der Waals surface area contributed by atoms with Crippen molar-refractivity contribution in [2.24, 2.45) is 0 Å². The van der Waals surface area contributed by atoms with Crippen molar-refractivity contribution >= 4 is 21.9 Å². The number of rotatable bonds is 3. The molecule has 2 aromatic carbocycles. The van der Waals surface area contributed by atoms with Gasteiger partial charge in [-0.15, -0.1) is 53.6 Å². The van der Waals surface area contributed by atoms with Gasteiger partial charge < -0.3 is 14.4 Å². The Balaban J connectivity index is 0.000000186. The van der Waals surface area contributed by atoms with Crippen molar-refractivity contribution in [1.82, 2.24) is 15.0 Å². The molecular weight excluding hydrogens is 671 g/mol. The van der Waals surface area contributed by atoms with Gasteiger partial charge in [0.15, 0.2) is 0 Å². The maximum Gasteiger partial charge on any atom is 0.127 e. The Hall–Kier alpha value is -3.66. The van der Waals surface area contributed by atoms with Crippen molar-refractivity contribution in [3.05, 3.63) is 114 Å². The standard InChI is InChI=1S/C21H17N2O.C14H14N.Ir/c1-2-7-14(6-1)17-12-22-13-18-15-8-5-9-16(20(15)24-21(17)18)19-10-3-4-11-23-19;1-10-4-6-13(7-5-10)14-8-11(2)12(3)9-15-14;/h3-5,8,10-14H,1-2,6-7H2;4-6,8-9H,1-3H3;/q2*-1;/i3D,10D;1D3;. The Kier molecular flexibility index (Phi) is 6.76. The molecule has 1 aliphatic carbocycles. The number of furan rings is 1. The average Bonchev–Trinajstić information content (AvgIpc) is 3.69. The first-order valence-electron chi connectivity index (χ1n) is 15.7. The van der Waals surface area contributed by atoms with E-state index in [1.807, 2.05) is 50.6 Å². The SMILES string of the molecule is [2H]C([2H])([2H])c1c[c-]c(-c2cc(C)c(C)cn2)cc1.[2H]c1ccnc(-c2[c-]ccc3c2oc2c(C4CCCC4)cncc23)c1[2H].[Ir]. The van der Waals surface area contributed by atoms with Gasteiger partial charge in [-0.1, -0.05) is 54.4 Å². The summed E-state index contributed by atoms with van der Waals surface area (Å²) >= 11 is 0. The fourth-order valence-electron chi connectivity index (χ4n) is 5.15. The molecule has 1 radical (unpaired) electrons. The van der Waals surface area contributed by atoms with E-state index in [0.29, 0.717) is 28.3 Å².